The zero-order valence-electron chi connectivity index (χ0n) is 9.84. The van der Waals surface area contributed by atoms with Gasteiger partial charge in [0.1, 0.15) is 0 Å². The highest BCUT2D eigenvalue weighted by Crippen LogP contribution is 2.35. The van der Waals surface area contributed by atoms with Gasteiger partial charge in [0.25, 0.3) is 5.69 Å². The summed E-state index contributed by atoms with van der Waals surface area (Å²) in [5.41, 5.74) is -1.08. The van der Waals surface area contributed by atoms with Crippen LogP contribution in [0.4, 0.5) is 5.69 Å². The predicted molar refractivity (Wildman–Crippen MR) is 63.0 cm³/mol. The Bertz CT molecular complexity index is 444. The van der Waals surface area contributed by atoms with Crippen molar-refractivity contribution in [2.24, 2.45) is 0 Å². The lowest BCUT2D eigenvalue weighted by Gasteiger charge is -2.24. The molecule has 0 bridgehead atoms. The SMILES string of the molecule is CCCC(C)(C(=O)O)c1ccccc1[N+](=O)[O-]. The predicted octanol–water partition coefficient (Wildman–Crippen LogP) is 2.74. The Morgan fingerprint density at radius 3 is 2.53 bits per heavy atom. The van der Waals surface area contributed by atoms with E-state index in [-0.39, 0.29) is 11.3 Å². The van der Waals surface area contributed by atoms with Crippen LogP contribution in [0.25, 0.3) is 0 Å². The van der Waals surface area contributed by atoms with E-state index in [1.165, 1.54) is 25.1 Å². The molecule has 92 valence electrons. The molecular weight excluding hydrogens is 222 g/mol. The maximum absolute atomic E-state index is 11.4. The van der Waals surface area contributed by atoms with Gasteiger partial charge in [0.2, 0.25) is 0 Å². The molecule has 0 fully saturated rings. The Morgan fingerprint density at radius 1 is 1.47 bits per heavy atom. The van der Waals surface area contributed by atoms with Crippen LogP contribution in [-0.2, 0) is 10.2 Å². The van der Waals surface area contributed by atoms with Crippen molar-refractivity contribution in [2.75, 3.05) is 0 Å². The van der Waals surface area contributed by atoms with E-state index in [4.69, 9.17) is 0 Å². The van der Waals surface area contributed by atoms with Gasteiger partial charge in [0.05, 0.1) is 10.3 Å². The molecule has 1 unspecified atom stereocenters. The third-order valence-corrected chi connectivity index (χ3v) is 2.92. The fraction of sp³-hybridized carbons (Fsp3) is 0.417. The minimum Gasteiger partial charge on any atom is -0.481 e. The quantitative estimate of drug-likeness (QED) is 0.630. The molecule has 0 aliphatic carbocycles. The number of rotatable bonds is 5. The molecule has 0 heterocycles. The van der Waals surface area contributed by atoms with Crippen molar-refractivity contribution in [2.45, 2.75) is 32.1 Å². The summed E-state index contributed by atoms with van der Waals surface area (Å²) in [6.07, 6.45) is 1.02. The van der Waals surface area contributed by atoms with E-state index >= 15 is 0 Å². The van der Waals surface area contributed by atoms with Crippen LogP contribution >= 0.6 is 0 Å². The molecule has 0 saturated heterocycles. The van der Waals surface area contributed by atoms with E-state index < -0.39 is 16.3 Å². The number of para-hydroxylation sites is 1. The lowest BCUT2D eigenvalue weighted by Crippen LogP contribution is -2.32. The fourth-order valence-electron chi connectivity index (χ4n) is 1.96. The molecule has 1 rings (SSSR count). The van der Waals surface area contributed by atoms with Gasteiger partial charge in [-0.1, -0.05) is 31.5 Å². The summed E-state index contributed by atoms with van der Waals surface area (Å²) in [4.78, 5) is 21.7. The monoisotopic (exact) mass is 237 g/mol. The minimum atomic E-state index is -1.21. The molecule has 0 saturated carbocycles. The number of nitro groups is 1. The Hall–Kier alpha value is -1.91. The molecule has 0 spiro atoms. The van der Waals surface area contributed by atoms with E-state index in [2.05, 4.69) is 0 Å². The van der Waals surface area contributed by atoms with Crippen molar-refractivity contribution in [3.05, 3.63) is 39.9 Å². The number of hydrogen-bond acceptors (Lipinski definition) is 3. The molecule has 0 amide bonds. The summed E-state index contributed by atoms with van der Waals surface area (Å²) in [6.45, 7) is 3.39. The maximum atomic E-state index is 11.4. The second-order valence-corrected chi connectivity index (χ2v) is 4.16. The van der Waals surface area contributed by atoms with E-state index in [1.807, 2.05) is 6.92 Å². The second kappa shape index (κ2) is 4.95. The lowest BCUT2D eigenvalue weighted by atomic mass is 9.78. The van der Waals surface area contributed by atoms with E-state index in [0.29, 0.717) is 12.8 Å². The number of nitro benzene ring substituents is 1. The largest absolute Gasteiger partial charge is 0.481 e. The Labute approximate surface area is 99.2 Å². The topological polar surface area (TPSA) is 80.4 Å². The average molecular weight is 237 g/mol. The highest BCUT2D eigenvalue weighted by atomic mass is 16.6. The van der Waals surface area contributed by atoms with Crippen molar-refractivity contribution < 1.29 is 14.8 Å². The van der Waals surface area contributed by atoms with Gasteiger partial charge in [-0.05, 0) is 13.3 Å². The summed E-state index contributed by atoms with van der Waals surface area (Å²) >= 11 is 0. The maximum Gasteiger partial charge on any atom is 0.314 e. The third-order valence-electron chi connectivity index (χ3n) is 2.92. The van der Waals surface area contributed by atoms with Crippen molar-refractivity contribution >= 4 is 11.7 Å². The van der Waals surface area contributed by atoms with Crippen molar-refractivity contribution in [1.82, 2.24) is 0 Å². The zero-order chi connectivity index (χ0) is 13.1. The van der Waals surface area contributed by atoms with Crippen LogP contribution in [0.5, 0.6) is 0 Å². The number of carboxylic acids is 1. The van der Waals surface area contributed by atoms with Crippen LogP contribution in [0.3, 0.4) is 0 Å². The van der Waals surface area contributed by atoms with E-state index in [0.717, 1.165) is 0 Å². The normalized spacial score (nSPS) is 14.0. The smallest absolute Gasteiger partial charge is 0.314 e. The highest BCUT2D eigenvalue weighted by Gasteiger charge is 2.39. The number of nitrogens with zero attached hydrogens (tertiary/aromatic N) is 1. The van der Waals surface area contributed by atoms with Gasteiger partial charge in [-0.25, -0.2) is 0 Å². The number of hydrogen-bond donors (Lipinski definition) is 1. The van der Waals surface area contributed by atoms with Crippen LogP contribution in [-0.4, -0.2) is 16.0 Å². The van der Waals surface area contributed by atoms with E-state index in [1.54, 1.807) is 6.07 Å². The summed E-state index contributed by atoms with van der Waals surface area (Å²) in [7, 11) is 0. The van der Waals surface area contributed by atoms with Gasteiger partial charge in [0, 0.05) is 11.6 Å². The van der Waals surface area contributed by atoms with Gasteiger partial charge in [-0.2, -0.15) is 0 Å². The molecule has 0 aliphatic heterocycles. The molecule has 1 atom stereocenters. The first kappa shape index (κ1) is 13.2. The Morgan fingerprint density at radius 2 is 2.06 bits per heavy atom. The van der Waals surface area contributed by atoms with Crippen LogP contribution < -0.4 is 0 Å². The van der Waals surface area contributed by atoms with Crippen molar-refractivity contribution in [1.29, 1.82) is 0 Å². The van der Waals surface area contributed by atoms with Crippen LogP contribution in [0.1, 0.15) is 32.3 Å². The molecule has 0 radical (unpaired) electrons. The first-order chi connectivity index (χ1) is 7.93. The van der Waals surface area contributed by atoms with Crippen molar-refractivity contribution in [3.63, 3.8) is 0 Å². The van der Waals surface area contributed by atoms with Crippen LogP contribution in [0, 0.1) is 10.1 Å². The Kier molecular flexibility index (Phi) is 3.83. The third kappa shape index (κ3) is 2.43. The molecule has 1 aromatic carbocycles. The summed E-state index contributed by atoms with van der Waals surface area (Å²) in [5, 5.41) is 20.2. The summed E-state index contributed by atoms with van der Waals surface area (Å²) in [5.74, 6) is -1.03. The van der Waals surface area contributed by atoms with Crippen LogP contribution in [0.15, 0.2) is 24.3 Å². The molecule has 0 aromatic heterocycles. The van der Waals surface area contributed by atoms with Crippen molar-refractivity contribution in [3.8, 4) is 0 Å². The fourth-order valence-corrected chi connectivity index (χ4v) is 1.96. The molecule has 5 nitrogen and oxygen atoms in total. The molecule has 1 aromatic rings. The number of carbonyl (C=O) groups is 1. The molecule has 0 aliphatic rings. The highest BCUT2D eigenvalue weighted by molar-refractivity contribution is 5.82. The second-order valence-electron chi connectivity index (χ2n) is 4.16. The number of carboxylic acid groups (broad SMARTS) is 1. The Balaban J connectivity index is 3.38. The molecule has 17 heavy (non-hydrogen) atoms. The first-order valence-corrected chi connectivity index (χ1v) is 5.40. The van der Waals surface area contributed by atoms with Crippen LogP contribution in [0.2, 0.25) is 0 Å². The zero-order valence-corrected chi connectivity index (χ0v) is 9.84. The summed E-state index contributed by atoms with van der Waals surface area (Å²) in [6, 6.07) is 6.02. The van der Waals surface area contributed by atoms with Gasteiger partial charge < -0.3 is 5.11 Å². The first-order valence-electron chi connectivity index (χ1n) is 5.40. The lowest BCUT2D eigenvalue weighted by molar-refractivity contribution is -0.386. The average Bonchev–Trinajstić information content (AvgIpc) is 2.29. The molecule has 5 heteroatoms. The minimum absolute atomic E-state index is 0.133. The van der Waals surface area contributed by atoms with Gasteiger partial charge in [-0.3, -0.25) is 14.9 Å². The number of benzene rings is 1. The summed E-state index contributed by atoms with van der Waals surface area (Å²) < 4.78 is 0. The number of aliphatic carboxylic acids is 1. The van der Waals surface area contributed by atoms with Gasteiger partial charge in [0.15, 0.2) is 0 Å². The van der Waals surface area contributed by atoms with E-state index in [9.17, 15) is 20.0 Å². The molecule has 1 N–H and O–H groups in total. The van der Waals surface area contributed by atoms with Gasteiger partial charge >= 0.3 is 5.97 Å². The van der Waals surface area contributed by atoms with Gasteiger partial charge in [-0.15, -0.1) is 0 Å². The standard InChI is InChI=1S/C12H15NO4/c1-3-8-12(2,11(14)15)9-6-4-5-7-10(9)13(16)17/h4-7H,3,8H2,1-2H3,(H,14,15). The molecular formula is C12H15NO4.